The average molecular weight is 389 g/mol. The van der Waals surface area contributed by atoms with E-state index in [9.17, 15) is 4.39 Å². The third-order valence-electron chi connectivity index (χ3n) is 4.07. The van der Waals surface area contributed by atoms with Crippen LogP contribution in [0.3, 0.4) is 0 Å². The molecular weight excluding hydrogens is 368 g/mol. The zero-order valence-corrected chi connectivity index (χ0v) is 14.1. The predicted octanol–water partition coefficient (Wildman–Crippen LogP) is 2.87. The summed E-state index contributed by atoms with van der Waals surface area (Å²) >= 11 is 0. The Bertz CT molecular complexity index is 506. The van der Waals surface area contributed by atoms with Crippen LogP contribution in [0.2, 0.25) is 0 Å². The molecule has 2 N–H and O–H groups in total. The third-order valence-corrected chi connectivity index (χ3v) is 4.07. The number of rotatable bonds is 3. The molecule has 0 amide bonds. The van der Waals surface area contributed by atoms with Crippen LogP contribution in [-0.4, -0.2) is 25.1 Å². The zero-order chi connectivity index (χ0) is 13.4. The molecule has 2 fully saturated rings. The summed E-state index contributed by atoms with van der Waals surface area (Å²) in [5.41, 5.74) is 0.815. The minimum Gasteiger partial charge on any atom is -0.353 e. The fourth-order valence-electron chi connectivity index (χ4n) is 2.52. The van der Waals surface area contributed by atoms with Crippen molar-refractivity contribution < 1.29 is 4.39 Å². The van der Waals surface area contributed by atoms with Crippen molar-refractivity contribution in [2.24, 2.45) is 10.9 Å². The topological polar surface area (TPSA) is 36.4 Å². The Morgan fingerprint density at radius 2 is 1.85 bits per heavy atom. The van der Waals surface area contributed by atoms with Gasteiger partial charge in [-0.2, -0.15) is 0 Å². The first kappa shape index (κ1) is 15.5. The van der Waals surface area contributed by atoms with E-state index < -0.39 is 0 Å². The minimum atomic E-state index is -0.101. The molecule has 4 atom stereocenters. The van der Waals surface area contributed by atoms with Crippen molar-refractivity contribution in [2.45, 2.75) is 37.8 Å². The SMILES string of the molecule is CN=C(NC1CC1C)NC1CC1c1ccccc1F.I. The summed E-state index contributed by atoms with van der Waals surface area (Å²) < 4.78 is 13.7. The van der Waals surface area contributed by atoms with Gasteiger partial charge in [0.2, 0.25) is 0 Å². The maximum absolute atomic E-state index is 13.7. The number of guanidine groups is 1. The van der Waals surface area contributed by atoms with Gasteiger partial charge < -0.3 is 10.6 Å². The fraction of sp³-hybridized carbons (Fsp3) is 0.533. The molecule has 2 saturated carbocycles. The molecule has 20 heavy (non-hydrogen) atoms. The van der Waals surface area contributed by atoms with Gasteiger partial charge >= 0.3 is 0 Å². The van der Waals surface area contributed by atoms with Crippen LogP contribution in [-0.2, 0) is 0 Å². The number of benzene rings is 1. The molecule has 110 valence electrons. The Labute approximate surface area is 136 Å². The quantitative estimate of drug-likeness (QED) is 0.474. The van der Waals surface area contributed by atoms with Crippen molar-refractivity contribution >= 4 is 29.9 Å². The highest BCUT2D eigenvalue weighted by Gasteiger charge is 2.41. The van der Waals surface area contributed by atoms with Gasteiger partial charge in [0.1, 0.15) is 5.82 Å². The van der Waals surface area contributed by atoms with Gasteiger partial charge in [0.05, 0.1) is 0 Å². The normalized spacial score (nSPS) is 31.2. The van der Waals surface area contributed by atoms with Gasteiger partial charge in [-0.25, -0.2) is 4.39 Å². The predicted molar refractivity (Wildman–Crippen MR) is 90.2 cm³/mol. The van der Waals surface area contributed by atoms with E-state index in [1.807, 2.05) is 12.1 Å². The van der Waals surface area contributed by atoms with E-state index >= 15 is 0 Å². The molecule has 0 aliphatic heterocycles. The third kappa shape index (κ3) is 3.42. The number of nitrogens with one attached hydrogen (secondary N) is 2. The summed E-state index contributed by atoms with van der Waals surface area (Å²) in [7, 11) is 1.78. The largest absolute Gasteiger partial charge is 0.353 e. The Kier molecular flexibility index (Phi) is 4.88. The van der Waals surface area contributed by atoms with E-state index in [-0.39, 0.29) is 35.7 Å². The smallest absolute Gasteiger partial charge is 0.191 e. The summed E-state index contributed by atoms with van der Waals surface area (Å²) in [6.07, 6.45) is 2.18. The lowest BCUT2D eigenvalue weighted by atomic mass is 10.1. The molecule has 5 heteroatoms. The molecule has 0 radical (unpaired) electrons. The highest BCUT2D eigenvalue weighted by Crippen LogP contribution is 2.41. The van der Waals surface area contributed by atoms with Crippen molar-refractivity contribution in [3.05, 3.63) is 35.6 Å². The first-order chi connectivity index (χ1) is 9.19. The molecule has 4 unspecified atom stereocenters. The van der Waals surface area contributed by atoms with E-state index in [1.165, 1.54) is 12.5 Å². The summed E-state index contributed by atoms with van der Waals surface area (Å²) in [5, 5.41) is 6.77. The molecule has 2 aliphatic carbocycles. The summed E-state index contributed by atoms with van der Waals surface area (Å²) in [6.45, 7) is 2.23. The van der Waals surface area contributed by atoms with Gasteiger partial charge in [0, 0.05) is 25.0 Å². The second-order valence-corrected chi connectivity index (χ2v) is 5.65. The van der Waals surface area contributed by atoms with Crippen LogP contribution in [0.4, 0.5) is 4.39 Å². The van der Waals surface area contributed by atoms with Gasteiger partial charge in [0.15, 0.2) is 5.96 Å². The van der Waals surface area contributed by atoms with Crippen LogP contribution in [0, 0.1) is 11.7 Å². The lowest BCUT2D eigenvalue weighted by Gasteiger charge is -2.11. The van der Waals surface area contributed by atoms with Gasteiger partial charge in [-0.3, -0.25) is 4.99 Å². The molecule has 1 aromatic carbocycles. The highest BCUT2D eigenvalue weighted by atomic mass is 127. The molecular formula is C15H21FIN3. The van der Waals surface area contributed by atoms with Crippen LogP contribution in [0.15, 0.2) is 29.3 Å². The van der Waals surface area contributed by atoms with E-state index in [0.717, 1.165) is 23.9 Å². The van der Waals surface area contributed by atoms with Crippen LogP contribution in [0.25, 0.3) is 0 Å². The number of nitrogens with zero attached hydrogens (tertiary/aromatic N) is 1. The van der Waals surface area contributed by atoms with E-state index in [1.54, 1.807) is 13.1 Å². The highest BCUT2D eigenvalue weighted by molar-refractivity contribution is 14.0. The van der Waals surface area contributed by atoms with Gasteiger partial charge in [0.25, 0.3) is 0 Å². The summed E-state index contributed by atoms with van der Waals surface area (Å²) in [5.74, 6) is 1.75. The Balaban J connectivity index is 0.00000147. The molecule has 3 rings (SSSR count). The van der Waals surface area contributed by atoms with Crippen molar-refractivity contribution in [3.8, 4) is 0 Å². The number of aliphatic imine (C=N–C) groups is 1. The maximum Gasteiger partial charge on any atom is 0.191 e. The van der Waals surface area contributed by atoms with E-state index in [4.69, 9.17) is 0 Å². The monoisotopic (exact) mass is 389 g/mol. The van der Waals surface area contributed by atoms with Crippen LogP contribution >= 0.6 is 24.0 Å². The maximum atomic E-state index is 13.7. The van der Waals surface area contributed by atoms with Crippen molar-refractivity contribution in [1.29, 1.82) is 0 Å². The molecule has 0 bridgehead atoms. The molecule has 2 aliphatic rings. The lowest BCUT2D eigenvalue weighted by molar-refractivity contribution is 0.607. The van der Waals surface area contributed by atoms with Crippen LogP contribution in [0.1, 0.15) is 31.2 Å². The minimum absolute atomic E-state index is 0. The molecule has 3 nitrogen and oxygen atoms in total. The Hall–Kier alpha value is -0.850. The summed E-state index contributed by atoms with van der Waals surface area (Å²) in [4.78, 5) is 4.23. The first-order valence-corrected chi connectivity index (χ1v) is 6.93. The second kappa shape index (κ2) is 6.28. The van der Waals surface area contributed by atoms with Crippen molar-refractivity contribution in [1.82, 2.24) is 10.6 Å². The molecule has 1 aromatic rings. The van der Waals surface area contributed by atoms with Gasteiger partial charge in [-0.05, 0) is 30.4 Å². The summed E-state index contributed by atoms with van der Waals surface area (Å²) in [6, 6.07) is 7.89. The first-order valence-electron chi connectivity index (χ1n) is 6.93. The van der Waals surface area contributed by atoms with E-state index in [0.29, 0.717) is 12.1 Å². The van der Waals surface area contributed by atoms with Crippen LogP contribution in [0.5, 0.6) is 0 Å². The van der Waals surface area contributed by atoms with Crippen molar-refractivity contribution in [2.75, 3.05) is 7.05 Å². The molecule has 0 spiro atoms. The second-order valence-electron chi connectivity index (χ2n) is 5.65. The Morgan fingerprint density at radius 1 is 1.20 bits per heavy atom. The number of hydrogen-bond donors (Lipinski definition) is 2. The number of halogens is 2. The Morgan fingerprint density at radius 3 is 2.45 bits per heavy atom. The van der Waals surface area contributed by atoms with Crippen LogP contribution < -0.4 is 10.6 Å². The van der Waals surface area contributed by atoms with Gasteiger partial charge in [-0.1, -0.05) is 25.1 Å². The van der Waals surface area contributed by atoms with Crippen molar-refractivity contribution in [3.63, 3.8) is 0 Å². The number of hydrogen-bond acceptors (Lipinski definition) is 1. The zero-order valence-electron chi connectivity index (χ0n) is 11.8. The molecule has 0 heterocycles. The fourth-order valence-corrected chi connectivity index (χ4v) is 2.52. The lowest BCUT2D eigenvalue weighted by Crippen LogP contribution is -2.40. The van der Waals surface area contributed by atoms with E-state index in [2.05, 4.69) is 22.5 Å². The standard InChI is InChI=1S/C15H20FN3.HI/c1-9-7-13(9)18-15(17-2)19-14-8-11(14)10-5-3-4-6-12(10)16;/h3-6,9,11,13-14H,7-8H2,1-2H3,(H2,17,18,19);1H. The molecule has 0 aromatic heterocycles. The molecule has 0 saturated heterocycles. The van der Waals surface area contributed by atoms with Gasteiger partial charge in [-0.15, -0.1) is 24.0 Å². The average Bonchev–Trinajstić information content (AvgIpc) is 3.29.